The van der Waals surface area contributed by atoms with Crippen molar-refractivity contribution < 1.29 is 14.1 Å². The van der Waals surface area contributed by atoms with Gasteiger partial charge in [0, 0.05) is 18.7 Å². The predicted octanol–water partition coefficient (Wildman–Crippen LogP) is 0.0551. The van der Waals surface area contributed by atoms with E-state index < -0.39 is 17.7 Å². The van der Waals surface area contributed by atoms with Crippen LogP contribution in [-0.4, -0.2) is 39.7 Å². The standard InChI is InChI=1S/C13H12N4O4/c18-10(16-7-6-14-12(16)19)8-17-11(15-21-13(17)20)9-4-2-1-3-5-9/h1-5H,6-8H2,(H,14,19). The number of imide groups is 1. The molecule has 8 heteroatoms. The number of hydrogen-bond acceptors (Lipinski definition) is 5. The van der Waals surface area contributed by atoms with Gasteiger partial charge in [-0.1, -0.05) is 35.5 Å². The van der Waals surface area contributed by atoms with E-state index in [1.54, 1.807) is 24.3 Å². The minimum atomic E-state index is -0.734. The van der Waals surface area contributed by atoms with Crippen LogP contribution in [0, 0.1) is 0 Å². The van der Waals surface area contributed by atoms with Crippen molar-refractivity contribution >= 4 is 11.9 Å². The highest BCUT2D eigenvalue weighted by molar-refractivity contribution is 5.95. The van der Waals surface area contributed by atoms with E-state index in [2.05, 4.69) is 15.0 Å². The molecule has 0 aliphatic carbocycles. The van der Waals surface area contributed by atoms with E-state index in [4.69, 9.17) is 0 Å². The van der Waals surface area contributed by atoms with Crippen LogP contribution in [0.25, 0.3) is 11.4 Å². The van der Waals surface area contributed by atoms with Crippen LogP contribution in [-0.2, 0) is 11.3 Å². The zero-order valence-electron chi connectivity index (χ0n) is 11.0. The van der Waals surface area contributed by atoms with Crippen LogP contribution in [0.15, 0.2) is 39.6 Å². The molecule has 3 rings (SSSR count). The molecule has 8 nitrogen and oxygen atoms in total. The van der Waals surface area contributed by atoms with Crippen molar-refractivity contribution in [3.63, 3.8) is 0 Å². The molecule has 108 valence electrons. The molecule has 1 aliphatic heterocycles. The Morgan fingerprint density at radius 2 is 2.05 bits per heavy atom. The maximum Gasteiger partial charge on any atom is 0.442 e. The molecule has 0 atom stereocenters. The van der Waals surface area contributed by atoms with Gasteiger partial charge in [0.25, 0.3) is 5.91 Å². The SMILES string of the molecule is O=C(Cn1c(-c2ccccc2)noc1=O)N1CCNC1=O. The van der Waals surface area contributed by atoms with Gasteiger partial charge >= 0.3 is 11.8 Å². The van der Waals surface area contributed by atoms with Gasteiger partial charge in [-0.15, -0.1) is 0 Å². The first-order valence-electron chi connectivity index (χ1n) is 6.37. The molecule has 2 heterocycles. The van der Waals surface area contributed by atoms with E-state index in [-0.39, 0.29) is 12.4 Å². The Bertz CT molecular complexity index is 734. The Hall–Kier alpha value is -2.90. The first-order chi connectivity index (χ1) is 10.2. The van der Waals surface area contributed by atoms with Crippen molar-refractivity contribution in [3.8, 4) is 11.4 Å². The fraction of sp³-hybridized carbons (Fsp3) is 0.231. The first kappa shape index (κ1) is 13.1. The van der Waals surface area contributed by atoms with Crippen LogP contribution in [0.1, 0.15) is 0 Å². The quantitative estimate of drug-likeness (QED) is 0.861. The summed E-state index contributed by atoms with van der Waals surface area (Å²) in [4.78, 5) is 36.3. The molecule has 3 amide bonds. The van der Waals surface area contributed by atoms with Gasteiger partial charge in [0.1, 0.15) is 6.54 Å². The summed E-state index contributed by atoms with van der Waals surface area (Å²) in [7, 11) is 0. The van der Waals surface area contributed by atoms with Gasteiger partial charge in [-0.25, -0.2) is 14.2 Å². The average Bonchev–Trinajstić information content (AvgIpc) is 3.07. The lowest BCUT2D eigenvalue weighted by Gasteiger charge is -2.12. The number of carbonyl (C=O) groups is 2. The topological polar surface area (TPSA) is 97.4 Å². The maximum atomic E-state index is 12.1. The summed E-state index contributed by atoms with van der Waals surface area (Å²) in [5.41, 5.74) is 0.655. The Morgan fingerprint density at radius 1 is 1.29 bits per heavy atom. The number of hydrogen-bond donors (Lipinski definition) is 1. The van der Waals surface area contributed by atoms with Crippen molar-refractivity contribution in [1.29, 1.82) is 0 Å². The summed E-state index contributed by atoms with van der Waals surface area (Å²) < 4.78 is 5.74. The molecule has 1 aromatic heterocycles. The second-order valence-electron chi connectivity index (χ2n) is 4.50. The molecule has 0 bridgehead atoms. The highest BCUT2D eigenvalue weighted by Crippen LogP contribution is 2.15. The van der Waals surface area contributed by atoms with Crippen molar-refractivity contribution in [2.75, 3.05) is 13.1 Å². The van der Waals surface area contributed by atoms with Gasteiger partial charge in [0.2, 0.25) is 0 Å². The van der Waals surface area contributed by atoms with Crippen molar-refractivity contribution in [3.05, 3.63) is 40.9 Å². The van der Waals surface area contributed by atoms with Crippen LogP contribution in [0.2, 0.25) is 0 Å². The number of aromatic nitrogens is 2. The zero-order valence-corrected chi connectivity index (χ0v) is 11.0. The van der Waals surface area contributed by atoms with Gasteiger partial charge < -0.3 is 5.32 Å². The molecule has 0 spiro atoms. The van der Waals surface area contributed by atoms with Crippen LogP contribution >= 0.6 is 0 Å². The van der Waals surface area contributed by atoms with E-state index in [0.717, 1.165) is 9.47 Å². The average molecular weight is 288 g/mol. The number of rotatable bonds is 3. The van der Waals surface area contributed by atoms with Crippen LogP contribution in [0.3, 0.4) is 0 Å². The Morgan fingerprint density at radius 3 is 2.71 bits per heavy atom. The van der Waals surface area contributed by atoms with Crippen LogP contribution < -0.4 is 11.1 Å². The summed E-state index contributed by atoms with van der Waals surface area (Å²) in [6.07, 6.45) is 0. The molecule has 2 aromatic rings. The Balaban J connectivity index is 1.89. The minimum Gasteiger partial charge on any atom is -0.336 e. The molecule has 1 N–H and O–H groups in total. The third-order valence-corrected chi connectivity index (χ3v) is 3.17. The molecular formula is C13H12N4O4. The largest absolute Gasteiger partial charge is 0.442 e. The van der Waals surface area contributed by atoms with E-state index in [9.17, 15) is 14.4 Å². The van der Waals surface area contributed by atoms with Crippen molar-refractivity contribution in [1.82, 2.24) is 19.9 Å². The fourth-order valence-electron chi connectivity index (χ4n) is 2.13. The third kappa shape index (κ3) is 2.42. The van der Waals surface area contributed by atoms with Gasteiger partial charge in [-0.05, 0) is 0 Å². The molecule has 0 saturated carbocycles. The molecule has 1 aliphatic rings. The van der Waals surface area contributed by atoms with Crippen LogP contribution in [0.5, 0.6) is 0 Å². The molecule has 21 heavy (non-hydrogen) atoms. The van der Waals surface area contributed by atoms with Crippen LogP contribution in [0.4, 0.5) is 4.79 Å². The highest BCUT2D eigenvalue weighted by Gasteiger charge is 2.27. The number of nitrogens with one attached hydrogen (secondary N) is 1. The number of urea groups is 1. The lowest BCUT2D eigenvalue weighted by Crippen LogP contribution is -2.38. The summed E-state index contributed by atoms with van der Waals surface area (Å²) in [6, 6.07) is 8.45. The number of amides is 3. The second-order valence-corrected chi connectivity index (χ2v) is 4.50. The number of nitrogens with zero attached hydrogens (tertiary/aromatic N) is 3. The second kappa shape index (κ2) is 5.23. The fourth-order valence-corrected chi connectivity index (χ4v) is 2.13. The van der Waals surface area contributed by atoms with E-state index in [1.165, 1.54) is 0 Å². The Kier molecular flexibility index (Phi) is 3.27. The van der Waals surface area contributed by atoms with Crippen molar-refractivity contribution in [2.45, 2.75) is 6.54 Å². The monoisotopic (exact) mass is 288 g/mol. The number of benzene rings is 1. The van der Waals surface area contributed by atoms with Gasteiger partial charge in [-0.3, -0.25) is 14.2 Å². The predicted molar refractivity (Wildman–Crippen MR) is 71.3 cm³/mol. The zero-order chi connectivity index (χ0) is 14.8. The first-order valence-corrected chi connectivity index (χ1v) is 6.37. The molecule has 1 aromatic carbocycles. The van der Waals surface area contributed by atoms with Crippen molar-refractivity contribution in [2.24, 2.45) is 0 Å². The highest BCUT2D eigenvalue weighted by atomic mass is 16.5. The van der Waals surface area contributed by atoms with Gasteiger partial charge in [0.15, 0.2) is 5.82 Å². The van der Waals surface area contributed by atoms with E-state index >= 15 is 0 Å². The Labute approximate surface area is 118 Å². The molecule has 0 radical (unpaired) electrons. The third-order valence-electron chi connectivity index (χ3n) is 3.17. The molecule has 1 saturated heterocycles. The summed E-state index contributed by atoms with van der Waals surface area (Å²) in [6.45, 7) is 0.410. The van der Waals surface area contributed by atoms with Gasteiger partial charge in [-0.2, -0.15) is 0 Å². The normalized spacial score (nSPS) is 14.3. The van der Waals surface area contributed by atoms with Gasteiger partial charge in [0.05, 0.1) is 0 Å². The lowest BCUT2D eigenvalue weighted by molar-refractivity contribution is -0.128. The summed E-state index contributed by atoms with van der Waals surface area (Å²) in [5.74, 6) is -0.956. The summed E-state index contributed by atoms with van der Waals surface area (Å²) >= 11 is 0. The maximum absolute atomic E-state index is 12.1. The van der Waals surface area contributed by atoms with E-state index in [0.29, 0.717) is 18.7 Å². The smallest absolute Gasteiger partial charge is 0.336 e. The molecular weight excluding hydrogens is 276 g/mol. The summed E-state index contributed by atoms with van der Waals surface area (Å²) in [5, 5.41) is 6.22. The lowest BCUT2D eigenvalue weighted by atomic mass is 10.2. The minimum absolute atomic E-state index is 0.258. The molecule has 1 fully saturated rings. The number of carbonyl (C=O) groups excluding carboxylic acids is 2. The molecule has 0 unspecified atom stereocenters. The van der Waals surface area contributed by atoms with E-state index in [1.807, 2.05) is 6.07 Å².